The smallest absolute Gasteiger partial charge is 0.234 e. The Morgan fingerprint density at radius 3 is 2.70 bits per heavy atom. The first-order chi connectivity index (χ1) is 13.2. The van der Waals surface area contributed by atoms with Crippen molar-refractivity contribution in [2.45, 2.75) is 32.4 Å². The van der Waals surface area contributed by atoms with Crippen molar-refractivity contribution in [3.63, 3.8) is 0 Å². The van der Waals surface area contributed by atoms with Crippen LogP contribution in [-0.2, 0) is 11.3 Å². The number of nitrogens with zero attached hydrogens (tertiary/aromatic N) is 1. The minimum atomic E-state index is 0.0695. The first-order valence-corrected chi connectivity index (χ1v) is 9.65. The second kappa shape index (κ2) is 8.01. The third-order valence-electron chi connectivity index (χ3n) is 5.27. The summed E-state index contributed by atoms with van der Waals surface area (Å²) in [6, 6.07) is 14.7. The van der Waals surface area contributed by atoms with E-state index in [2.05, 4.69) is 53.5 Å². The molecule has 0 spiro atoms. The first-order valence-electron chi connectivity index (χ1n) is 9.65. The third kappa shape index (κ3) is 4.25. The molecule has 2 aromatic rings. The Labute approximate surface area is 160 Å². The molecule has 27 heavy (non-hydrogen) atoms. The van der Waals surface area contributed by atoms with Crippen molar-refractivity contribution in [1.82, 2.24) is 10.2 Å². The molecule has 2 heterocycles. The number of carbonyl (C=O) groups excluding carboxylic acids is 1. The van der Waals surface area contributed by atoms with E-state index < -0.39 is 0 Å². The fraction of sp³-hybridized carbons (Fsp3) is 0.409. The van der Waals surface area contributed by atoms with Gasteiger partial charge in [0.25, 0.3) is 0 Å². The zero-order valence-corrected chi connectivity index (χ0v) is 15.7. The number of amides is 1. The summed E-state index contributed by atoms with van der Waals surface area (Å²) < 4.78 is 11.3. The van der Waals surface area contributed by atoms with E-state index in [9.17, 15) is 4.79 Å². The SMILES string of the molecule is Cc1ccc(CNC(=O)CN2CCC[C@H]2c2ccc3c(c2)OCCO3)cc1. The van der Waals surface area contributed by atoms with Gasteiger partial charge in [0.1, 0.15) is 13.2 Å². The minimum absolute atomic E-state index is 0.0695. The molecule has 2 aromatic carbocycles. The predicted molar refractivity (Wildman–Crippen MR) is 104 cm³/mol. The molecule has 4 rings (SSSR count). The van der Waals surface area contributed by atoms with E-state index in [1.165, 1.54) is 11.1 Å². The molecule has 1 amide bonds. The summed E-state index contributed by atoms with van der Waals surface area (Å²) >= 11 is 0. The van der Waals surface area contributed by atoms with E-state index in [1.807, 2.05) is 6.07 Å². The fourth-order valence-corrected chi connectivity index (χ4v) is 3.81. The van der Waals surface area contributed by atoms with E-state index in [1.54, 1.807) is 0 Å². The number of hydrogen-bond acceptors (Lipinski definition) is 4. The molecular weight excluding hydrogens is 340 g/mol. The quantitative estimate of drug-likeness (QED) is 0.883. The molecule has 1 atom stereocenters. The molecule has 0 unspecified atom stereocenters. The highest BCUT2D eigenvalue weighted by Crippen LogP contribution is 2.37. The van der Waals surface area contributed by atoms with Gasteiger partial charge >= 0.3 is 0 Å². The van der Waals surface area contributed by atoms with E-state index in [-0.39, 0.29) is 11.9 Å². The topological polar surface area (TPSA) is 50.8 Å². The second-order valence-electron chi connectivity index (χ2n) is 7.29. The zero-order valence-electron chi connectivity index (χ0n) is 15.7. The summed E-state index contributed by atoms with van der Waals surface area (Å²) in [5, 5.41) is 3.04. The molecule has 2 aliphatic heterocycles. The average Bonchev–Trinajstić information content (AvgIpc) is 3.15. The molecule has 1 saturated heterocycles. The van der Waals surface area contributed by atoms with E-state index >= 15 is 0 Å². The van der Waals surface area contributed by atoms with Crippen molar-refractivity contribution >= 4 is 5.91 Å². The van der Waals surface area contributed by atoms with Crippen LogP contribution in [0.25, 0.3) is 0 Å². The molecule has 0 bridgehead atoms. The number of rotatable bonds is 5. The van der Waals surface area contributed by atoms with Crippen molar-refractivity contribution in [2.24, 2.45) is 0 Å². The number of aryl methyl sites for hydroxylation is 1. The lowest BCUT2D eigenvalue weighted by Gasteiger charge is -2.26. The summed E-state index contributed by atoms with van der Waals surface area (Å²) in [5.74, 6) is 1.69. The highest BCUT2D eigenvalue weighted by molar-refractivity contribution is 5.78. The molecule has 5 nitrogen and oxygen atoms in total. The van der Waals surface area contributed by atoms with Gasteiger partial charge in [0.2, 0.25) is 5.91 Å². The molecule has 0 aliphatic carbocycles. The lowest BCUT2D eigenvalue weighted by atomic mass is 10.0. The summed E-state index contributed by atoms with van der Waals surface area (Å²) in [4.78, 5) is 14.7. The Morgan fingerprint density at radius 1 is 1.11 bits per heavy atom. The number of carbonyl (C=O) groups is 1. The summed E-state index contributed by atoms with van der Waals surface area (Å²) in [7, 11) is 0. The lowest BCUT2D eigenvalue weighted by Crippen LogP contribution is -2.36. The largest absolute Gasteiger partial charge is 0.486 e. The van der Waals surface area contributed by atoms with Crippen molar-refractivity contribution in [3.8, 4) is 11.5 Å². The standard InChI is InChI=1S/C22H26N2O3/c1-16-4-6-17(7-5-16)14-23-22(25)15-24-10-2-3-19(24)18-8-9-20-21(13-18)27-12-11-26-20/h4-9,13,19H,2-3,10-12,14-15H2,1H3,(H,23,25)/t19-/m0/s1. The van der Waals surface area contributed by atoms with Crippen LogP contribution in [0.5, 0.6) is 11.5 Å². The Morgan fingerprint density at radius 2 is 1.89 bits per heavy atom. The number of hydrogen-bond donors (Lipinski definition) is 1. The Balaban J connectivity index is 1.36. The predicted octanol–water partition coefficient (Wildman–Crippen LogP) is 3.22. The van der Waals surface area contributed by atoms with Gasteiger partial charge in [-0.25, -0.2) is 0 Å². The average molecular weight is 366 g/mol. The third-order valence-corrected chi connectivity index (χ3v) is 5.27. The van der Waals surface area contributed by atoms with Crippen LogP contribution in [0.3, 0.4) is 0 Å². The maximum absolute atomic E-state index is 12.5. The van der Waals surface area contributed by atoms with E-state index in [0.29, 0.717) is 26.3 Å². The van der Waals surface area contributed by atoms with Gasteiger partial charge in [-0.3, -0.25) is 9.69 Å². The lowest BCUT2D eigenvalue weighted by molar-refractivity contribution is -0.122. The van der Waals surface area contributed by atoms with Crippen molar-refractivity contribution < 1.29 is 14.3 Å². The number of ether oxygens (including phenoxy) is 2. The Bertz CT molecular complexity index is 804. The molecule has 1 fully saturated rings. The summed E-state index contributed by atoms with van der Waals surface area (Å²) in [5.41, 5.74) is 3.55. The zero-order chi connectivity index (χ0) is 18.6. The van der Waals surface area contributed by atoms with Crippen LogP contribution in [0.15, 0.2) is 42.5 Å². The summed E-state index contributed by atoms with van der Waals surface area (Å²) in [6.45, 7) is 5.19. The van der Waals surface area contributed by atoms with Crippen molar-refractivity contribution in [3.05, 3.63) is 59.2 Å². The van der Waals surface area contributed by atoms with Gasteiger partial charge in [0.05, 0.1) is 6.54 Å². The molecule has 1 N–H and O–H groups in total. The van der Waals surface area contributed by atoms with Crippen LogP contribution in [0.2, 0.25) is 0 Å². The molecule has 142 valence electrons. The van der Waals surface area contributed by atoms with Crippen LogP contribution in [0.4, 0.5) is 0 Å². The maximum atomic E-state index is 12.5. The number of benzene rings is 2. The van der Waals surface area contributed by atoms with Gasteiger partial charge in [0, 0.05) is 12.6 Å². The van der Waals surface area contributed by atoms with Gasteiger partial charge < -0.3 is 14.8 Å². The Hall–Kier alpha value is -2.53. The summed E-state index contributed by atoms with van der Waals surface area (Å²) in [6.07, 6.45) is 2.16. The van der Waals surface area contributed by atoms with Crippen molar-refractivity contribution in [1.29, 1.82) is 0 Å². The molecule has 2 aliphatic rings. The highest BCUT2D eigenvalue weighted by atomic mass is 16.6. The number of nitrogens with one attached hydrogen (secondary N) is 1. The van der Waals surface area contributed by atoms with Crippen LogP contribution >= 0.6 is 0 Å². The maximum Gasteiger partial charge on any atom is 0.234 e. The van der Waals surface area contributed by atoms with Crippen molar-refractivity contribution in [2.75, 3.05) is 26.3 Å². The molecular formula is C22H26N2O3. The Kier molecular flexibility index (Phi) is 5.30. The monoisotopic (exact) mass is 366 g/mol. The van der Waals surface area contributed by atoms with Gasteiger partial charge in [-0.2, -0.15) is 0 Å². The van der Waals surface area contributed by atoms with E-state index in [0.717, 1.165) is 36.4 Å². The van der Waals surface area contributed by atoms with Gasteiger partial charge in [0.15, 0.2) is 11.5 Å². The van der Waals surface area contributed by atoms with Gasteiger partial charge in [-0.05, 0) is 49.6 Å². The molecule has 0 aromatic heterocycles. The molecule has 0 radical (unpaired) electrons. The number of likely N-dealkylation sites (tertiary alicyclic amines) is 1. The highest BCUT2D eigenvalue weighted by Gasteiger charge is 2.28. The minimum Gasteiger partial charge on any atom is -0.486 e. The first kappa shape index (κ1) is 17.9. The van der Waals surface area contributed by atoms with Gasteiger partial charge in [-0.15, -0.1) is 0 Å². The second-order valence-corrected chi connectivity index (χ2v) is 7.29. The van der Waals surface area contributed by atoms with Gasteiger partial charge in [-0.1, -0.05) is 35.9 Å². The van der Waals surface area contributed by atoms with Crippen LogP contribution in [0.1, 0.15) is 35.6 Å². The van der Waals surface area contributed by atoms with Crippen LogP contribution in [-0.4, -0.2) is 37.1 Å². The van der Waals surface area contributed by atoms with Crippen LogP contribution in [0, 0.1) is 6.92 Å². The molecule has 5 heteroatoms. The van der Waals surface area contributed by atoms with E-state index in [4.69, 9.17) is 9.47 Å². The normalized spacial score (nSPS) is 19.1. The van der Waals surface area contributed by atoms with Crippen LogP contribution < -0.4 is 14.8 Å². The number of fused-ring (bicyclic) bond motifs is 1. The molecule has 0 saturated carbocycles. The fourth-order valence-electron chi connectivity index (χ4n) is 3.81.